The molecular formula is C47H44N6O8. The smallest absolute Gasteiger partial charge is 0.261 e. The molecule has 9 rings (SSSR count). The summed E-state index contributed by atoms with van der Waals surface area (Å²) in [5, 5.41) is 2.96. The fraction of sp³-hybridized carbons (Fsp3) is 0.255. The number of primary amides is 1. The number of hydrogen-bond donors (Lipinski definition) is 2. The molecule has 4 aliphatic heterocycles. The van der Waals surface area contributed by atoms with Gasteiger partial charge in [-0.25, -0.2) is 0 Å². The highest BCUT2D eigenvalue weighted by molar-refractivity contribution is 6.20. The topological polar surface area (TPSA) is 165 Å². The maximum Gasteiger partial charge on any atom is 0.261 e. The molecule has 4 heterocycles. The van der Waals surface area contributed by atoms with E-state index in [9.17, 15) is 19.2 Å². The molecule has 0 saturated carbocycles. The highest BCUT2D eigenvalue weighted by Crippen LogP contribution is 2.43. The van der Waals surface area contributed by atoms with E-state index in [0.717, 1.165) is 39.3 Å². The van der Waals surface area contributed by atoms with E-state index in [1.54, 1.807) is 34.1 Å². The van der Waals surface area contributed by atoms with E-state index in [0.29, 0.717) is 71.3 Å². The summed E-state index contributed by atoms with van der Waals surface area (Å²) in [6.45, 7) is 0.784. The van der Waals surface area contributed by atoms with Gasteiger partial charge in [0.15, 0.2) is 23.0 Å². The summed E-state index contributed by atoms with van der Waals surface area (Å²) in [5.41, 5.74) is 13.0. The van der Waals surface area contributed by atoms with Crippen LogP contribution in [0.5, 0.6) is 23.0 Å². The molecule has 14 nitrogen and oxygen atoms in total. The minimum atomic E-state index is -0.673. The van der Waals surface area contributed by atoms with Crippen molar-refractivity contribution in [3.8, 4) is 23.0 Å². The van der Waals surface area contributed by atoms with E-state index in [4.69, 9.17) is 29.7 Å². The summed E-state index contributed by atoms with van der Waals surface area (Å²) >= 11 is 0. The van der Waals surface area contributed by atoms with Gasteiger partial charge in [0, 0.05) is 68.3 Å². The first-order valence-corrected chi connectivity index (χ1v) is 20.1. The van der Waals surface area contributed by atoms with Crippen LogP contribution in [-0.4, -0.2) is 69.7 Å². The van der Waals surface area contributed by atoms with Crippen molar-refractivity contribution in [1.82, 2.24) is 0 Å². The van der Waals surface area contributed by atoms with Crippen LogP contribution < -0.4 is 44.7 Å². The zero-order chi connectivity index (χ0) is 42.4. The maximum atomic E-state index is 14.0. The number of ether oxygens (including phenoxy) is 4. The minimum Gasteiger partial charge on any atom is -0.493 e. The summed E-state index contributed by atoms with van der Waals surface area (Å²) in [6, 6.07) is 27.1. The number of fused-ring (bicyclic) bond motifs is 8. The summed E-state index contributed by atoms with van der Waals surface area (Å²) in [6.07, 6.45) is 3.73. The second-order valence-corrected chi connectivity index (χ2v) is 15.5. The van der Waals surface area contributed by atoms with Crippen molar-refractivity contribution in [3.63, 3.8) is 0 Å². The number of carbonyl (C=O) groups excluding carboxylic acids is 4. The highest BCUT2D eigenvalue weighted by Gasteiger charge is 2.42. The third-order valence-electron chi connectivity index (χ3n) is 11.6. The number of rotatable bonds is 13. The SMILES string of the molecule is COc1cc2c(cc1OCc1cc(COc3cc4c(cc3OC)C(=O)N3c5ccccc5CC3C(=O)N4)cc(N(C)CCCC(N)=O)c1)N=C[C@@H]1Cc3ccccc3N1C2=O. The molecule has 0 saturated heterocycles. The number of aliphatic imine (C=N–C) groups is 1. The molecule has 0 spiro atoms. The molecule has 0 aromatic heterocycles. The van der Waals surface area contributed by atoms with Crippen molar-refractivity contribution >= 4 is 58.3 Å². The predicted molar refractivity (Wildman–Crippen MR) is 231 cm³/mol. The fourth-order valence-corrected chi connectivity index (χ4v) is 8.57. The van der Waals surface area contributed by atoms with E-state index in [1.807, 2.05) is 84.9 Å². The van der Waals surface area contributed by atoms with Crippen LogP contribution in [0.15, 0.2) is 96.0 Å². The van der Waals surface area contributed by atoms with Gasteiger partial charge in [-0.1, -0.05) is 36.4 Å². The number of amides is 4. The standard InChI is InChI=1S/C47H44N6O8/c1-51(14-8-13-44(48)54)31-16-27(25-60-42-22-35-33(20-40(42)58-2)46(56)52-32(24-49-35)18-29-9-4-6-11-37(29)52)15-28(17-31)26-61-43-23-36-34(21-41(43)59-3)47(57)53-38-12-7-5-10-30(38)19-39(53)45(55)50-36/h4-7,9-12,15-17,20-24,32,39H,8,13-14,18-19,25-26H2,1-3H3,(H2,48,54)(H,50,55)/t32-,39?/m0/s1. The van der Waals surface area contributed by atoms with Gasteiger partial charge in [0.05, 0.1) is 42.8 Å². The number of benzene rings is 5. The zero-order valence-corrected chi connectivity index (χ0v) is 34.0. The lowest BCUT2D eigenvalue weighted by molar-refractivity contribution is -0.118. The van der Waals surface area contributed by atoms with E-state index in [-0.39, 0.29) is 49.3 Å². The van der Waals surface area contributed by atoms with Crippen molar-refractivity contribution < 1.29 is 38.1 Å². The third kappa shape index (κ3) is 7.34. The fourth-order valence-electron chi connectivity index (χ4n) is 8.57. The van der Waals surface area contributed by atoms with Crippen molar-refractivity contribution in [2.75, 3.05) is 47.8 Å². The molecule has 5 aromatic rings. The van der Waals surface area contributed by atoms with Gasteiger partial charge < -0.3 is 34.9 Å². The van der Waals surface area contributed by atoms with Crippen LogP contribution >= 0.6 is 0 Å². The molecule has 4 amide bonds. The predicted octanol–water partition coefficient (Wildman–Crippen LogP) is 6.37. The molecule has 14 heteroatoms. The van der Waals surface area contributed by atoms with Crippen LogP contribution in [0.1, 0.15) is 55.8 Å². The summed E-state index contributed by atoms with van der Waals surface area (Å²) in [4.78, 5) is 63.1. The Kier molecular flexibility index (Phi) is 10.3. The molecule has 2 atom stereocenters. The van der Waals surface area contributed by atoms with Gasteiger partial charge in [0.25, 0.3) is 11.8 Å². The first kappa shape index (κ1) is 39.1. The molecule has 0 bridgehead atoms. The van der Waals surface area contributed by atoms with Crippen LogP contribution in [0.3, 0.4) is 0 Å². The lowest BCUT2D eigenvalue weighted by Crippen LogP contribution is -2.42. The molecule has 4 aliphatic rings. The lowest BCUT2D eigenvalue weighted by Gasteiger charge is -2.22. The van der Waals surface area contributed by atoms with Crippen molar-refractivity contribution in [2.24, 2.45) is 10.7 Å². The Bertz CT molecular complexity index is 2640. The Morgan fingerprint density at radius 2 is 1.38 bits per heavy atom. The van der Waals surface area contributed by atoms with E-state index < -0.39 is 6.04 Å². The third-order valence-corrected chi connectivity index (χ3v) is 11.6. The number of nitrogens with one attached hydrogen (secondary N) is 1. The average Bonchev–Trinajstić information content (AvgIpc) is 3.78. The minimum absolute atomic E-state index is 0.0922. The Balaban J connectivity index is 0.978. The Hall–Kier alpha value is -7.35. The van der Waals surface area contributed by atoms with E-state index in [1.165, 1.54) is 14.2 Å². The van der Waals surface area contributed by atoms with E-state index >= 15 is 0 Å². The van der Waals surface area contributed by atoms with Gasteiger partial charge in [-0.2, -0.15) is 0 Å². The summed E-state index contributed by atoms with van der Waals surface area (Å²) in [7, 11) is 4.96. The molecular weight excluding hydrogens is 777 g/mol. The molecule has 1 unspecified atom stereocenters. The summed E-state index contributed by atoms with van der Waals surface area (Å²) in [5.74, 6) is 0.361. The average molecular weight is 821 g/mol. The maximum absolute atomic E-state index is 14.0. The molecule has 310 valence electrons. The molecule has 61 heavy (non-hydrogen) atoms. The monoisotopic (exact) mass is 820 g/mol. The van der Waals surface area contributed by atoms with Crippen LogP contribution in [0.4, 0.5) is 28.4 Å². The van der Waals surface area contributed by atoms with Crippen LogP contribution in [-0.2, 0) is 35.6 Å². The van der Waals surface area contributed by atoms with Crippen molar-refractivity contribution in [2.45, 2.75) is 51.0 Å². The van der Waals surface area contributed by atoms with E-state index in [2.05, 4.69) is 5.32 Å². The molecule has 3 N–H and O–H groups in total. The van der Waals surface area contributed by atoms with Gasteiger partial charge in [-0.3, -0.25) is 34.0 Å². The number of carbonyl (C=O) groups is 4. The molecule has 0 fully saturated rings. The van der Waals surface area contributed by atoms with Gasteiger partial charge in [-0.15, -0.1) is 0 Å². The highest BCUT2D eigenvalue weighted by atomic mass is 16.5. The zero-order valence-electron chi connectivity index (χ0n) is 34.0. The van der Waals surface area contributed by atoms with Gasteiger partial charge in [0.1, 0.15) is 19.3 Å². The van der Waals surface area contributed by atoms with Crippen LogP contribution in [0.2, 0.25) is 0 Å². The lowest BCUT2D eigenvalue weighted by atomic mass is 10.1. The molecule has 0 aliphatic carbocycles. The first-order chi connectivity index (χ1) is 29.6. The summed E-state index contributed by atoms with van der Waals surface area (Å²) < 4.78 is 24.3. The van der Waals surface area contributed by atoms with Gasteiger partial charge in [0.2, 0.25) is 11.8 Å². The number of nitrogens with two attached hydrogens (primary N) is 1. The number of anilines is 4. The quantitative estimate of drug-likeness (QED) is 0.137. The second-order valence-electron chi connectivity index (χ2n) is 15.5. The van der Waals surface area contributed by atoms with Gasteiger partial charge in [-0.05, 0) is 71.1 Å². The van der Waals surface area contributed by atoms with Crippen LogP contribution in [0.25, 0.3) is 0 Å². The largest absolute Gasteiger partial charge is 0.493 e. The number of para-hydroxylation sites is 2. The molecule has 0 radical (unpaired) electrons. The second kappa shape index (κ2) is 16.0. The number of methoxy groups -OCH3 is 2. The van der Waals surface area contributed by atoms with Crippen molar-refractivity contribution in [3.05, 3.63) is 124 Å². The number of nitrogens with zero attached hydrogens (tertiary/aromatic N) is 4. The Morgan fingerprint density at radius 3 is 2.05 bits per heavy atom. The normalized spacial score (nSPS) is 16.9. The molecule has 5 aromatic carbocycles. The number of hydrogen-bond acceptors (Lipinski definition) is 10. The Labute approximate surface area is 352 Å². The Morgan fingerprint density at radius 1 is 0.770 bits per heavy atom. The van der Waals surface area contributed by atoms with Crippen molar-refractivity contribution in [1.29, 1.82) is 0 Å². The van der Waals surface area contributed by atoms with Crippen LogP contribution in [0, 0.1) is 0 Å². The first-order valence-electron chi connectivity index (χ1n) is 20.1. The van der Waals surface area contributed by atoms with Gasteiger partial charge >= 0.3 is 0 Å².